The Labute approximate surface area is 75.0 Å². The van der Waals surface area contributed by atoms with Crippen molar-refractivity contribution in [1.29, 1.82) is 5.41 Å². The molecule has 0 aliphatic heterocycles. The fourth-order valence-electron chi connectivity index (χ4n) is 1.62. The monoisotopic (exact) mass is 169 g/mol. The van der Waals surface area contributed by atoms with Crippen molar-refractivity contribution in [3.05, 3.63) is 0 Å². The fraction of sp³-hybridized carbons (Fsp3) is 0.889. The molecule has 70 valence electrons. The zero-order valence-electron chi connectivity index (χ0n) is 8.63. The van der Waals surface area contributed by atoms with Gasteiger partial charge in [-0.05, 0) is 34.6 Å². The summed E-state index contributed by atoms with van der Waals surface area (Å²) < 4.78 is 0. The molecule has 0 saturated carbocycles. The number of nitrogens with one attached hydrogen (secondary N) is 1. The van der Waals surface area contributed by atoms with Crippen LogP contribution in [-0.4, -0.2) is 29.2 Å². The van der Waals surface area contributed by atoms with Crippen LogP contribution in [0, 0.1) is 5.41 Å². The molecule has 3 heteroatoms. The predicted octanol–water partition coefficient (Wildman–Crippen LogP) is 2.20. The van der Waals surface area contributed by atoms with Gasteiger partial charge in [-0.2, -0.15) is 0 Å². The summed E-state index contributed by atoms with van der Waals surface area (Å²) in [4.78, 5) is 6.15. The Morgan fingerprint density at radius 3 is 1.75 bits per heavy atom. The van der Waals surface area contributed by atoms with Crippen molar-refractivity contribution in [3.8, 4) is 0 Å². The summed E-state index contributed by atoms with van der Waals surface area (Å²) in [6.45, 7) is 10.5. The lowest BCUT2D eigenvalue weighted by Gasteiger charge is -2.33. The van der Waals surface area contributed by atoms with Gasteiger partial charge >= 0.3 is 0 Å². The van der Waals surface area contributed by atoms with E-state index in [0.717, 1.165) is 0 Å². The molecule has 0 aromatic rings. The third kappa shape index (κ3) is 3.16. The van der Waals surface area contributed by atoms with Gasteiger partial charge in [0.15, 0.2) is 0 Å². The van der Waals surface area contributed by atoms with E-state index in [2.05, 4.69) is 43.6 Å². The summed E-state index contributed by atoms with van der Waals surface area (Å²) in [7, 11) is 0. The molecule has 0 heterocycles. The Bertz CT molecular complexity index is 161. The average molecular weight is 169 g/mol. The van der Waals surface area contributed by atoms with Gasteiger partial charge in [0.2, 0.25) is 0 Å². The molecular weight excluding hydrogens is 150 g/mol. The summed E-state index contributed by atoms with van der Waals surface area (Å²) >= 11 is 0. The standard InChI is InChI=1S/C9H19N3/c1-7(2)12(8(3)4)9(5)11-6-10/h7-10H,1-5H3. The normalized spacial score (nSPS) is 13.7. The summed E-state index contributed by atoms with van der Waals surface area (Å²) in [5.41, 5.74) is 0. The van der Waals surface area contributed by atoms with E-state index in [4.69, 9.17) is 5.41 Å². The molecule has 1 N–H and O–H groups in total. The maximum Gasteiger partial charge on any atom is 0.111 e. The lowest BCUT2D eigenvalue weighted by Crippen LogP contribution is -2.42. The van der Waals surface area contributed by atoms with Crippen molar-refractivity contribution >= 4 is 6.01 Å². The van der Waals surface area contributed by atoms with E-state index in [1.807, 2.05) is 6.92 Å². The van der Waals surface area contributed by atoms with Crippen LogP contribution in [0.4, 0.5) is 0 Å². The van der Waals surface area contributed by atoms with Crippen LogP contribution in [0.25, 0.3) is 0 Å². The molecule has 0 aliphatic carbocycles. The molecule has 0 radical (unpaired) electrons. The molecule has 0 amide bonds. The van der Waals surface area contributed by atoms with Crippen LogP contribution >= 0.6 is 0 Å². The van der Waals surface area contributed by atoms with Gasteiger partial charge < -0.3 is 0 Å². The number of hydrogen-bond donors (Lipinski definition) is 1. The topological polar surface area (TPSA) is 39.5 Å². The third-order valence-corrected chi connectivity index (χ3v) is 1.88. The fourth-order valence-corrected chi connectivity index (χ4v) is 1.62. The number of aliphatic imine (C=N–C) groups is 1. The predicted molar refractivity (Wildman–Crippen MR) is 51.7 cm³/mol. The summed E-state index contributed by atoms with van der Waals surface area (Å²) in [6.07, 6.45) is 0.0579. The lowest BCUT2D eigenvalue weighted by molar-refractivity contribution is 0.128. The van der Waals surface area contributed by atoms with Gasteiger partial charge in [0.25, 0.3) is 0 Å². The molecule has 0 aromatic carbocycles. The second kappa shape index (κ2) is 5.07. The van der Waals surface area contributed by atoms with Crippen molar-refractivity contribution < 1.29 is 0 Å². The maximum absolute atomic E-state index is 6.76. The van der Waals surface area contributed by atoms with Crippen LogP contribution in [0.3, 0.4) is 0 Å². The van der Waals surface area contributed by atoms with Crippen LogP contribution in [0.1, 0.15) is 34.6 Å². The zero-order valence-corrected chi connectivity index (χ0v) is 8.63. The van der Waals surface area contributed by atoms with Crippen molar-refractivity contribution in [1.82, 2.24) is 4.90 Å². The van der Waals surface area contributed by atoms with E-state index in [1.54, 1.807) is 0 Å². The molecular formula is C9H19N3. The van der Waals surface area contributed by atoms with Gasteiger partial charge in [-0.1, -0.05) is 0 Å². The van der Waals surface area contributed by atoms with E-state index in [9.17, 15) is 0 Å². The molecule has 0 saturated heterocycles. The second-order valence-electron chi connectivity index (χ2n) is 3.51. The smallest absolute Gasteiger partial charge is 0.111 e. The van der Waals surface area contributed by atoms with Crippen LogP contribution in [0.15, 0.2) is 4.99 Å². The Kier molecular flexibility index (Phi) is 4.79. The van der Waals surface area contributed by atoms with E-state index in [1.165, 1.54) is 0 Å². The summed E-state index contributed by atoms with van der Waals surface area (Å²) in [5, 5.41) is 6.76. The number of nitrogens with zero attached hydrogens (tertiary/aromatic N) is 2. The Hall–Kier alpha value is -0.660. The molecule has 0 rings (SSSR count). The lowest BCUT2D eigenvalue weighted by atomic mass is 10.2. The van der Waals surface area contributed by atoms with Crippen LogP contribution in [0.2, 0.25) is 0 Å². The second-order valence-corrected chi connectivity index (χ2v) is 3.51. The maximum atomic E-state index is 6.76. The first-order valence-electron chi connectivity index (χ1n) is 4.39. The SMILES string of the molecule is CC(C)N(C(C)C)C(C)N=C=N. The minimum atomic E-state index is 0.0579. The average Bonchev–Trinajstić information content (AvgIpc) is 1.85. The quantitative estimate of drug-likeness (QED) is 0.644. The zero-order chi connectivity index (χ0) is 9.72. The van der Waals surface area contributed by atoms with E-state index < -0.39 is 0 Å². The van der Waals surface area contributed by atoms with Gasteiger partial charge in [-0.3, -0.25) is 4.90 Å². The van der Waals surface area contributed by atoms with E-state index in [-0.39, 0.29) is 6.17 Å². The summed E-state index contributed by atoms with van der Waals surface area (Å²) in [5.74, 6) is 0. The largest absolute Gasteiger partial charge is 0.277 e. The Balaban J connectivity index is 4.39. The van der Waals surface area contributed by atoms with Gasteiger partial charge in [-0.25, -0.2) is 10.4 Å². The molecule has 0 fully saturated rings. The highest BCUT2D eigenvalue weighted by molar-refractivity contribution is 5.36. The molecule has 1 atom stereocenters. The highest BCUT2D eigenvalue weighted by Crippen LogP contribution is 2.10. The molecule has 0 aromatic heterocycles. The van der Waals surface area contributed by atoms with Crippen molar-refractivity contribution in [2.24, 2.45) is 4.99 Å². The van der Waals surface area contributed by atoms with Crippen LogP contribution in [-0.2, 0) is 0 Å². The van der Waals surface area contributed by atoms with Gasteiger partial charge in [-0.15, -0.1) is 0 Å². The van der Waals surface area contributed by atoms with Crippen LogP contribution < -0.4 is 0 Å². The Morgan fingerprint density at radius 1 is 1.08 bits per heavy atom. The first-order chi connectivity index (χ1) is 5.50. The highest BCUT2D eigenvalue weighted by atomic mass is 15.3. The first kappa shape index (κ1) is 11.3. The third-order valence-electron chi connectivity index (χ3n) is 1.88. The Morgan fingerprint density at radius 2 is 1.50 bits per heavy atom. The highest BCUT2D eigenvalue weighted by Gasteiger charge is 2.18. The van der Waals surface area contributed by atoms with Crippen molar-refractivity contribution in [2.45, 2.75) is 52.9 Å². The van der Waals surface area contributed by atoms with Gasteiger partial charge in [0.1, 0.15) is 6.17 Å². The number of rotatable bonds is 4. The van der Waals surface area contributed by atoms with Crippen molar-refractivity contribution in [2.75, 3.05) is 0 Å². The van der Waals surface area contributed by atoms with Crippen LogP contribution in [0.5, 0.6) is 0 Å². The molecule has 0 bridgehead atoms. The molecule has 0 spiro atoms. The first-order valence-corrected chi connectivity index (χ1v) is 4.39. The number of hydrogen-bond acceptors (Lipinski definition) is 3. The molecule has 0 aliphatic rings. The van der Waals surface area contributed by atoms with E-state index in [0.29, 0.717) is 12.1 Å². The van der Waals surface area contributed by atoms with Gasteiger partial charge in [0, 0.05) is 12.1 Å². The van der Waals surface area contributed by atoms with E-state index >= 15 is 0 Å². The summed E-state index contributed by atoms with van der Waals surface area (Å²) in [6, 6.07) is 3.00. The molecule has 12 heavy (non-hydrogen) atoms. The molecule has 1 unspecified atom stereocenters. The minimum Gasteiger partial charge on any atom is -0.277 e. The van der Waals surface area contributed by atoms with Crippen molar-refractivity contribution in [3.63, 3.8) is 0 Å². The van der Waals surface area contributed by atoms with Gasteiger partial charge in [0.05, 0.1) is 6.01 Å². The molecule has 3 nitrogen and oxygen atoms in total. The minimum absolute atomic E-state index is 0.0579.